The van der Waals surface area contributed by atoms with Gasteiger partial charge in [-0.2, -0.15) is 0 Å². The molecule has 0 saturated carbocycles. The van der Waals surface area contributed by atoms with E-state index in [9.17, 15) is 9.59 Å². The summed E-state index contributed by atoms with van der Waals surface area (Å²) in [6, 6.07) is 7.73. The highest BCUT2D eigenvalue weighted by atomic mass is 16.2. The Labute approximate surface area is 138 Å². The van der Waals surface area contributed by atoms with Crippen molar-refractivity contribution in [2.45, 2.75) is 46.1 Å². The molecule has 0 bridgehead atoms. The molecule has 0 aromatic heterocycles. The van der Waals surface area contributed by atoms with E-state index in [1.165, 1.54) is 5.56 Å². The number of carbonyl (C=O) groups is 2. The number of rotatable bonds is 6. The van der Waals surface area contributed by atoms with Gasteiger partial charge in [-0.15, -0.1) is 0 Å². The SMILES string of the molecule is CCCN(CCC)C(=O)NC1CC(=O)N(c2ccc(C)cc2)C1. The monoisotopic (exact) mass is 317 g/mol. The van der Waals surface area contributed by atoms with Crippen molar-refractivity contribution in [3.05, 3.63) is 29.8 Å². The molecular weight excluding hydrogens is 290 g/mol. The maximum atomic E-state index is 12.4. The normalized spacial score (nSPS) is 17.4. The molecule has 5 nitrogen and oxygen atoms in total. The molecule has 3 amide bonds. The molecule has 0 aliphatic carbocycles. The quantitative estimate of drug-likeness (QED) is 0.877. The summed E-state index contributed by atoms with van der Waals surface area (Å²) in [7, 11) is 0. The van der Waals surface area contributed by atoms with Crippen LogP contribution in [-0.4, -0.2) is 42.5 Å². The Balaban J connectivity index is 1.96. The van der Waals surface area contributed by atoms with E-state index >= 15 is 0 Å². The topological polar surface area (TPSA) is 52.7 Å². The van der Waals surface area contributed by atoms with Gasteiger partial charge in [0.2, 0.25) is 5.91 Å². The fourth-order valence-electron chi connectivity index (χ4n) is 2.90. The van der Waals surface area contributed by atoms with Gasteiger partial charge in [0.1, 0.15) is 0 Å². The minimum Gasteiger partial charge on any atom is -0.333 e. The molecule has 0 spiro atoms. The van der Waals surface area contributed by atoms with Crippen molar-refractivity contribution in [3.63, 3.8) is 0 Å². The van der Waals surface area contributed by atoms with Crippen LogP contribution in [0, 0.1) is 6.92 Å². The average Bonchev–Trinajstić information content (AvgIpc) is 2.88. The van der Waals surface area contributed by atoms with Gasteiger partial charge >= 0.3 is 6.03 Å². The summed E-state index contributed by atoms with van der Waals surface area (Å²) >= 11 is 0. The van der Waals surface area contributed by atoms with Gasteiger partial charge < -0.3 is 15.1 Å². The van der Waals surface area contributed by atoms with Crippen LogP contribution >= 0.6 is 0 Å². The third-order valence-corrected chi connectivity index (χ3v) is 4.07. The number of benzene rings is 1. The Hall–Kier alpha value is -2.04. The van der Waals surface area contributed by atoms with E-state index < -0.39 is 0 Å². The maximum absolute atomic E-state index is 12.4. The molecule has 1 fully saturated rings. The summed E-state index contributed by atoms with van der Waals surface area (Å²) in [4.78, 5) is 28.2. The van der Waals surface area contributed by atoms with Crippen LogP contribution in [0.1, 0.15) is 38.7 Å². The second-order valence-electron chi connectivity index (χ2n) is 6.18. The lowest BCUT2D eigenvalue weighted by Gasteiger charge is -2.24. The molecule has 1 aliphatic heterocycles. The van der Waals surface area contributed by atoms with Gasteiger partial charge in [-0.3, -0.25) is 4.79 Å². The Morgan fingerprint density at radius 3 is 2.39 bits per heavy atom. The van der Waals surface area contributed by atoms with Crippen LogP contribution in [-0.2, 0) is 4.79 Å². The third-order valence-electron chi connectivity index (χ3n) is 4.07. The van der Waals surface area contributed by atoms with Gasteiger partial charge in [-0.05, 0) is 31.9 Å². The van der Waals surface area contributed by atoms with Crippen LogP contribution in [0.5, 0.6) is 0 Å². The van der Waals surface area contributed by atoms with Crippen LogP contribution in [0.3, 0.4) is 0 Å². The van der Waals surface area contributed by atoms with Crippen molar-refractivity contribution < 1.29 is 9.59 Å². The van der Waals surface area contributed by atoms with E-state index in [4.69, 9.17) is 0 Å². The maximum Gasteiger partial charge on any atom is 0.317 e. The molecular formula is C18H27N3O2. The molecule has 1 atom stereocenters. The van der Waals surface area contributed by atoms with Crippen molar-refractivity contribution in [3.8, 4) is 0 Å². The number of nitrogens with zero attached hydrogens (tertiary/aromatic N) is 2. The van der Waals surface area contributed by atoms with Gasteiger partial charge in [-0.25, -0.2) is 4.79 Å². The van der Waals surface area contributed by atoms with Crippen LogP contribution in [0.15, 0.2) is 24.3 Å². The Kier molecular flexibility index (Phi) is 6.02. The highest BCUT2D eigenvalue weighted by Crippen LogP contribution is 2.22. The fourth-order valence-corrected chi connectivity index (χ4v) is 2.90. The van der Waals surface area contributed by atoms with E-state index in [1.54, 1.807) is 4.90 Å². The molecule has 5 heteroatoms. The first-order valence-electron chi connectivity index (χ1n) is 8.47. The first kappa shape index (κ1) is 17.3. The zero-order chi connectivity index (χ0) is 16.8. The van der Waals surface area contributed by atoms with Crippen molar-refractivity contribution in [2.24, 2.45) is 0 Å². The lowest BCUT2D eigenvalue weighted by atomic mass is 10.2. The molecule has 23 heavy (non-hydrogen) atoms. The van der Waals surface area contributed by atoms with Crippen LogP contribution < -0.4 is 10.2 Å². The summed E-state index contributed by atoms with van der Waals surface area (Å²) in [5, 5.41) is 3.01. The summed E-state index contributed by atoms with van der Waals surface area (Å²) in [5.74, 6) is 0.0664. The van der Waals surface area contributed by atoms with Gasteiger partial charge in [-0.1, -0.05) is 31.5 Å². The highest BCUT2D eigenvalue weighted by Gasteiger charge is 2.32. The molecule has 1 heterocycles. The lowest BCUT2D eigenvalue weighted by molar-refractivity contribution is -0.117. The highest BCUT2D eigenvalue weighted by molar-refractivity contribution is 5.96. The number of carbonyl (C=O) groups excluding carboxylic acids is 2. The summed E-state index contributed by atoms with van der Waals surface area (Å²) in [5.41, 5.74) is 2.07. The zero-order valence-corrected chi connectivity index (χ0v) is 14.3. The first-order valence-corrected chi connectivity index (χ1v) is 8.47. The average molecular weight is 317 g/mol. The summed E-state index contributed by atoms with van der Waals surface area (Å²) in [6.45, 7) is 8.20. The van der Waals surface area contributed by atoms with Crippen molar-refractivity contribution in [1.82, 2.24) is 10.2 Å². The molecule has 126 valence electrons. The molecule has 2 rings (SSSR count). The lowest BCUT2D eigenvalue weighted by Crippen LogP contribution is -2.46. The Bertz CT molecular complexity index is 536. The molecule has 0 radical (unpaired) electrons. The minimum absolute atomic E-state index is 0.0581. The number of hydrogen-bond acceptors (Lipinski definition) is 2. The number of aryl methyl sites for hydroxylation is 1. The van der Waals surface area contributed by atoms with E-state index in [1.807, 2.05) is 36.1 Å². The third kappa shape index (κ3) is 4.47. The summed E-state index contributed by atoms with van der Waals surface area (Å²) < 4.78 is 0. The molecule has 1 aliphatic rings. The number of amides is 3. The molecule has 1 aromatic rings. The Morgan fingerprint density at radius 1 is 1.22 bits per heavy atom. The van der Waals surface area contributed by atoms with E-state index in [0.717, 1.165) is 31.6 Å². The largest absolute Gasteiger partial charge is 0.333 e. The van der Waals surface area contributed by atoms with Crippen LogP contribution in [0.25, 0.3) is 0 Å². The van der Waals surface area contributed by atoms with Crippen molar-refractivity contribution in [1.29, 1.82) is 0 Å². The van der Waals surface area contributed by atoms with Gasteiger partial charge in [0.15, 0.2) is 0 Å². The van der Waals surface area contributed by atoms with E-state index in [2.05, 4.69) is 19.2 Å². The first-order chi connectivity index (χ1) is 11.0. The van der Waals surface area contributed by atoms with Crippen LogP contribution in [0.4, 0.5) is 10.5 Å². The Morgan fingerprint density at radius 2 is 1.83 bits per heavy atom. The van der Waals surface area contributed by atoms with Crippen LogP contribution in [0.2, 0.25) is 0 Å². The van der Waals surface area contributed by atoms with Gasteiger partial charge in [0.25, 0.3) is 0 Å². The number of nitrogens with one attached hydrogen (secondary N) is 1. The van der Waals surface area contributed by atoms with Crippen molar-refractivity contribution in [2.75, 3.05) is 24.5 Å². The standard InChI is InChI=1S/C18H27N3O2/c1-4-10-20(11-5-2)18(23)19-15-12-17(22)21(13-15)16-8-6-14(3)7-9-16/h6-9,15H,4-5,10-13H2,1-3H3,(H,19,23). The van der Waals surface area contributed by atoms with Gasteiger partial charge in [0.05, 0.1) is 6.04 Å². The molecule has 1 N–H and O–H groups in total. The second-order valence-corrected chi connectivity index (χ2v) is 6.18. The summed E-state index contributed by atoms with van der Waals surface area (Å²) in [6.07, 6.45) is 2.24. The smallest absolute Gasteiger partial charge is 0.317 e. The molecule has 1 saturated heterocycles. The molecule has 1 unspecified atom stereocenters. The fraction of sp³-hybridized carbons (Fsp3) is 0.556. The zero-order valence-electron chi connectivity index (χ0n) is 14.3. The minimum atomic E-state index is -0.118. The van der Waals surface area contributed by atoms with E-state index in [-0.39, 0.29) is 18.0 Å². The van der Waals surface area contributed by atoms with Gasteiger partial charge in [0, 0.05) is 31.7 Å². The van der Waals surface area contributed by atoms with Crippen molar-refractivity contribution >= 4 is 17.6 Å². The number of urea groups is 1. The number of hydrogen-bond donors (Lipinski definition) is 1. The second kappa shape index (κ2) is 7.99. The van der Waals surface area contributed by atoms with E-state index in [0.29, 0.717) is 13.0 Å². The predicted molar refractivity (Wildman–Crippen MR) is 92.6 cm³/mol. The predicted octanol–water partition coefficient (Wildman–Crippen LogP) is 2.93. The number of anilines is 1. The molecule has 1 aromatic carbocycles.